The minimum Gasteiger partial charge on any atom is -0.111 e. The first-order chi connectivity index (χ1) is 8.41. The van der Waals surface area contributed by atoms with E-state index in [9.17, 15) is 0 Å². The first-order valence-electron chi connectivity index (χ1n) is 8.00. The topological polar surface area (TPSA) is 0 Å². The summed E-state index contributed by atoms with van der Waals surface area (Å²) in [5.41, 5.74) is 0. The number of hydrogen-bond donors (Lipinski definition) is 0. The van der Waals surface area contributed by atoms with E-state index in [1.807, 2.05) is 13.8 Å². The highest BCUT2D eigenvalue weighted by Crippen LogP contribution is 2.42. The Morgan fingerprint density at radius 2 is 0.450 bits per heavy atom. The third-order valence-corrected chi connectivity index (χ3v) is 4.50. The normalized spacial score (nSPS) is 12.9. The van der Waals surface area contributed by atoms with Crippen molar-refractivity contribution in [1.29, 1.82) is 0 Å². The predicted octanol–water partition coefficient (Wildman–Crippen LogP) is 7.55. The Balaban J connectivity index is -0.000000257. The van der Waals surface area contributed by atoms with E-state index in [0.717, 1.165) is 17.2 Å². The summed E-state index contributed by atoms with van der Waals surface area (Å²) in [6.07, 6.45) is 0. The Labute approximate surface area is 135 Å². The molecule has 0 amide bonds. The Hall–Kier alpha value is 0.860. The van der Waals surface area contributed by atoms with Crippen molar-refractivity contribution in [1.82, 2.24) is 0 Å². The van der Waals surface area contributed by atoms with E-state index in [0.29, 0.717) is 20.6 Å². The van der Waals surface area contributed by atoms with Crippen LogP contribution in [0.15, 0.2) is 0 Å². The summed E-state index contributed by atoms with van der Waals surface area (Å²) >= 11 is 0. The molecule has 0 rings (SSSR count). The third kappa shape index (κ3) is 36.4. The molecule has 20 heavy (non-hydrogen) atoms. The van der Waals surface area contributed by atoms with E-state index in [1.54, 1.807) is 0 Å². The zero-order valence-electron chi connectivity index (χ0n) is 17.0. The van der Waals surface area contributed by atoms with Gasteiger partial charge in [-0.25, -0.2) is 0 Å². The van der Waals surface area contributed by atoms with Crippen LogP contribution in [0.4, 0.5) is 0 Å². The van der Waals surface area contributed by atoms with Gasteiger partial charge in [0.15, 0.2) is 0 Å². The van der Waals surface area contributed by atoms with Gasteiger partial charge in [0.05, 0.1) is 0 Å². The summed E-state index contributed by atoms with van der Waals surface area (Å²) in [5.74, 6) is 0. The molecule has 0 atom stereocenters. The summed E-state index contributed by atoms with van der Waals surface area (Å²) in [6.45, 7) is 31.6. The maximum Gasteiger partial charge on any atom is -0.0202 e. The van der Waals surface area contributed by atoms with Gasteiger partial charge < -0.3 is 0 Å². The smallest absolute Gasteiger partial charge is 0.0202 e. The molecule has 126 valence electrons. The summed E-state index contributed by atoms with van der Waals surface area (Å²) in [4.78, 5) is 0. The monoisotopic (exact) mass is 322 g/mol. The first kappa shape index (κ1) is 25.8. The van der Waals surface area contributed by atoms with Gasteiger partial charge >= 0.3 is 0 Å². The van der Waals surface area contributed by atoms with Gasteiger partial charge in [0.25, 0.3) is 0 Å². The number of rotatable bonds is 0. The Kier molecular flexibility index (Phi) is 12.6. The van der Waals surface area contributed by atoms with E-state index in [4.69, 9.17) is 0 Å². The fraction of sp³-hybridized carbons (Fsp3) is 1.00. The van der Waals surface area contributed by atoms with Crippen LogP contribution in [0, 0.1) is 0 Å². The fourth-order valence-corrected chi connectivity index (χ4v) is 6.75. The van der Waals surface area contributed by atoms with Crippen LogP contribution in [-0.2, 0) is 0 Å². The van der Waals surface area contributed by atoms with Crippen molar-refractivity contribution >= 4 is 17.2 Å². The summed E-state index contributed by atoms with van der Waals surface area (Å²) in [5, 5.41) is 2.05. The second-order valence-corrected chi connectivity index (χ2v) is 15.8. The molecule has 0 aliphatic rings. The molecular weight excluding hydrogens is 278 g/mol. The SMILES string of the molecule is CC.CC(C)(C)PC(C)(C)C.CC(C)(C)PC(C)(C)C. The average Bonchev–Trinajstić information content (AvgIpc) is 1.93. The zero-order valence-corrected chi connectivity index (χ0v) is 19.0. The highest BCUT2D eigenvalue weighted by molar-refractivity contribution is 7.42. The van der Waals surface area contributed by atoms with Crippen molar-refractivity contribution in [3.05, 3.63) is 0 Å². The molecule has 2 heteroatoms. The lowest BCUT2D eigenvalue weighted by atomic mass is 10.2. The lowest BCUT2D eigenvalue weighted by Gasteiger charge is -2.28. The quantitative estimate of drug-likeness (QED) is 0.404. The minimum absolute atomic E-state index is 0.512. The van der Waals surface area contributed by atoms with Crippen molar-refractivity contribution in [2.75, 3.05) is 0 Å². The van der Waals surface area contributed by atoms with Gasteiger partial charge in [-0.05, 0) is 20.6 Å². The van der Waals surface area contributed by atoms with Gasteiger partial charge in [0.2, 0.25) is 0 Å². The van der Waals surface area contributed by atoms with E-state index in [1.165, 1.54) is 0 Å². The maximum atomic E-state index is 2.30. The molecule has 0 heterocycles. The molecular formula is C18H44P2. The molecule has 0 aliphatic carbocycles. The van der Waals surface area contributed by atoms with Crippen molar-refractivity contribution in [3.8, 4) is 0 Å². The van der Waals surface area contributed by atoms with Crippen LogP contribution in [-0.4, -0.2) is 20.6 Å². The third-order valence-electron chi connectivity index (χ3n) is 1.50. The van der Waals surface area contributed by atoms with Crippen molar-refractivity contribution < 1.29 is 0 Å². The van der Waals surface area contributed by atoms with Gasteiger partial charge in [0.1, 0.15) is 0 Å². The predicted molar refractivity (Wildman–Crippen MR) is 107 cm³/mol. The van der Waals surface area contributed by atoms with Gasteiger partial charge in [-0.3, -0.25) is 0 Å². The molecule has 0 aromatic heterocycles. The lowest BCUT2D eigenvalue weighted by Crippen LogP contribution is -2.16. The van der Waals surface area contributed by atoms with Crippen LogP contribution < -0.4 is 0 Å². The average molecular weight is 322 g/mol. The molecule has 0 fully saturated rings. The van der Waals surface area contributed by atoms with Crippen molar-refractivity contribution in [3.63, 3.8) is 0 Å². The molecule has 0 bridgehead atoms. The van der Waals surface area contributed by atoms with E-state index < -0.39 is 0 Å². The van der Waals surface area contributed by atoms with Crippen molar-refractivity contribution in [2.24, 2.45) is 0 Å². The zero-order chi connectivity index (χ0) is 17.4. The molecule has 0 aliphatic heterocycles. The van der Waals surface area contributed by atoms with Gasteiger partial charge in [-0.15, -0.1) is 17.2 Å². The standard InChI is InChI=1S/2C8H19P.C2H6/c2*1-7(2,3)9-8(4,5)6;1-2/h2*9H,1-6H3;1-2H3. The molecule has 0 nitrogen and oxygen atoms in total. The molecule has 0 aromatic carbocycles. The summed E-state index contributed by atoms with van der Waals surface area (Å²) in [6, 6.07) is 0. The molecule has 0 saturated carbocycles. The van der Waals surface area contributed by atoms with Crippen LogP contribution >= 0.6 is 17.2 Å². The second kappa shape index (κ2) is 9.79. The highest BCUT2D eigenvalue weighted by Gasteiger charge is 2.20. The Bertz CT molecular complexity index is 166. The van der Waals surface area contributed by atoms with Crippen LogP contribution in [0.3, 0.4) is 0 Å². The minimum atomic E-state index is 0.512. The molecule has 0 spiro atoms. The van der Waals surface area contributed by atoms with Crippen LogP contribution in [0.25, 0.3) is 0 Å². The lowest BCUT2D eigenvalue weighted by molar-refractivity contribution is 0.724. The van der Waals surface area contributed by atoms with Crippen LogP contribution in [0.2, 0.25) is 0 Å². The van der Waals surface area contributed by atoms with Gasteiger partial charge in [-0.2, -0.15) is 0 Å². The van der Waals surface area contributed by atoms with Crippen LogP contribution in [0.5, 0.6) is 0 Å². The largest absolute Gasteiger partial charge is 0.111 e. The summed E-state index contributed by atoms with van der Waals surface area (Å²) < 4.78 is 0. The highest BCUT2D eigenvalue weighted by atomic mass is 31.1. The van der Waals surface area contributed by atoms with E-state index in [2.05, 4.69) is 83.1 Å². The van der Waals surface area contributed by atoms with Gasteiger partial charge in [-0.1, -0.05) is 96.9 Å². The van der Waals surface area contributed by atoms with Crippen LogP contribution in [0.1, 0.15) is 96.9 Å². The summed E-state index contributed by atoms with van der Waals surface area (Å²) in [7, 11) is 2.10. The fourth-order valence-electron chi connectivity index (χ4n) is 2.25. The number of hydrogen-bond acceptors (Lipinski definition) is 0. The van der Waals surface area contributed by atoms with Crippen molar-refractivity contribution in [2.45, 2.75) is 118 Å². The Morgan fingerprint density at radius 3 is 0.450 bits per heavy atom. The molecule has 0 unspecified atom stereocenters. The maximum absolute atomic E-state index is 2.30. The molecule has 0 N–H and O–H groups in total. The Morgan fingerprint density at radius 1 is 0.350 bits per heavy atom. The van der Waals surface area contributed by atoms with E-state index >= 15 is 0 Å². The first-order valence-corrected chi connectivity index (χ1v) is 10.0. The second-order valence-electron chi connectivity index (χ2n) is 9.25. The molecule has 0 aromatic rings. The van der Waals surface area contributed by atoms with E-state index in [-0.39, 0.29) is 0 Å². The molecule has 0 radical (unpaired) electrons. The van der Waals surface area contributed by atoms with Gasteiger partial charge in [0, 0.05) is 0 Å². The molecule has 0 saturated heterocycles.